The molecule has 1 aromatic rings. The first kappa shape index (κ1) is 24.7. The standard InChI is InChI=1S/C18H32N4O3.HI/c1-7-19-18(20-10-11-23-4)21-13-15(22(2)3)14-8-9-16(24-5)17(12-14)25-6;/h8-9,12,15H,7,10-11,13H2,1-6H3,(H2,19,20,21);1H. The van der Waals surface area contributed by atoms with Gasteiger partial charge in [-0.25, -0.2) is 0 Å². The zero-order chi connectivity index (χ0) is 18.7. The van der Waals surface area contributed by atoms with E-state index < -0.39 is 0 Å². The highest BCUT2D eigenvalue weighted by atomic mass is 127. The summed E-state index contributed by atoms with van der Waals surface area (Å²) in [6.07, 6.45) is 0. The van der Waals surface area contributed by atoms with E-state index in [9.17, 15) is 0 Å². The van der Waals surface area contributed by atoms with E-state index in [4.69, 9.17) is 19.2 Å². The van der Waals surface area contributed by atoms with E-state index in [-0.39, 0.29) is 30.0 Å². The first-order valence-corrected chi connectivity index (χ1v) is 8.46. The molecule has 0 fully saturated rings. The van der Waals surface area contributed by atoms with Crippen molar-refractivity contribution in [2.75, 3.05) is 61.7 Å². The lowest BCUT2D eigenvalue weighted by molar-refractivity contribution is 0.203. The molecular formula is C18H33IN4O3. The van der Waals surface area contributed by atoms with Gasteiger partial charge in [0, 0.05) is 20.2 Å². The number of nitrogens with one attached hydrogen (secondary N) is 2. The van der Waals surface area contributed by atoms with Gasteiger partial charge in [0.05, 0.1) is 33.4 Å². The third-order valence-electron chi connectivity index (χ3n) is 3.78. The molecule has 8 heteroatoms. The minimum Gasteiger partial charge on any atom is -0.493 e. The van der Waals surface area contributed by atoms with Crippen LogP contribution in [0.25, 0.3) is 0 Å². The van der Waals surface area contributed by atoms with Gasteiger partial charge in [-0.3, -0.25) is 4.99 Å². The number of nitrogens with zero attached hydrogens (tertiary/aromatic N) is 2. The van der Waals surface area contributed by atoms with Crippen LogP contribution in [0.4, 0.5) is 0 Å². The van der Waals surface area contributed by atoms with Crippen molar-refractivity contribution < 1.29 is 14.2 Å². The number of benzene rings is 1. The van der Waals surface area contributed by atoms with Crippen molar-refractivity contribution in [1.29, 1.82) is 0 Å². The summed E-state index contributed by atoms with van der Waals surface area (Å²) in [4.78, 5) is 6.85. The van der Waals surface area contributed by atoms with Crippen molar-refractivity contribution in [3.63, 3.8) is 0 Å². The molecular weight excluding hydrogens is 447 g/mol. The zero-order valence-electron chi connectivity index (χ0n) is 16.7. The number of methoxy groups -OCH3 is 3. The number of aliphatic imine (C=N–C) groups is 1. The van der Waals surface area contributed by atoms with Crippen LogP contribution in [0.1, 0.15) is 18.5 Å². The lowest BCUT2D eigenvalue weighted by atomic mass is 10.1. The number of ether oxygens (including phenoxy) is 3. The smallest absolute Gasteiger partial charge is 0.191 e. The Hall–Kier alpha value is -1.26. The second kappa shape index (κ2) is 13.9. The summed E-state index contributed by atoms with van der Waals surface area (Å²) < 4.78 is 15.8. The Bertz CT molecular complexity index is 541. The molecule has 1 atom stereocenters. The number of guanidine groups is 1. The van der Waals surface area contributed by atoms with Crippen LogP contribution in [0.2, 0.25) is 0 Å². The van der Waals surface area contributed by atoms with Gasteiger partial charge in [0.2, 0.25) is 0 Å². The van der Waals surface area contributed by atoms with Crippen molar-refractivity contribution in [2.24, 2.45) is 4.99 Å². The molecule has 0 aliphatic carbocycles. The lowest BCUT2D eigenvalue weighted by Crippen LogP contribution is -2.39. The molecule has 1 rings (SSSR count). The number of hydrogen-bond donors (Lipinski definition) is 2. The minimum atomic E-state index is 0. The second-order valence-electron chi connectivity index (χ2n) is 5.73. The minimum absolute atomic E-state index is 0. The van der Waals surface area contributed by atoms with Crippen LogP contribution in [-0.2, 0) is 4.74 Å². The fourth-order valence-electron chi connectivity index (χ4n) is 2.42. The Morgan fingerprint density at radius 1 is 1.12 bits per heavy atom. The van der Waals surface area contributed by atoms with Gasteiger partial charge in [-0.2, -0.15) is 0 Å². The van der Waals surface area contributed by atoms with Crippen LogP contribution in [0.3, 0.4) is 0 Å². The van der Waals surface area contributed by atoms with E-state index in [1.165, 1.54) is 0 Å². The van der Waals surface area contributed by atoms with Gasteiger partial charge < -0.3 is 29.7 Å². The topological polar surface area (TPSA) is 67.4 Å². The molecule has 0 radical (unpaired) electrons. The molecule has 2 N–H and O–H groups in total. The molecule has 0 saturated carbocycles. The summed E-state index contributed by atoms with van der Waals surface area (Å²) in [6, 6.07) is 6.10. The molecule has 0 spiro atoms. The molecule has 0 aliphatic rings. The van der Waals surface area contributed by atoms with Crippen LogP contribution in [0.15, 0.2) is 23.2 Å². The number of rotatable bonds is 10. The van der Waals surface area contributed by atoms with Crippen LogP contribution in [0, 0.1) is 0 Å². The van der Waals surface area contributed by atoms with Crippen LogP contribution in [-0.4, -0.2) is 72.5 Å². The van der Waals surface area contributed by atoms with Gasteiger partial charge in [0.25, 0.3) is 0 Å². The Morgan fingerprint density at radius 2 is 1.81 bits per heavy atom. The quantitative estimate of drug-likeness (QED) is 0.232. The molecule has 0 aromatic heterocycles. The van der Waals surface area contributed by atoms with E-state index in [2.05, 4.69) is 15.5 Å². The zero-order valence-corrected chi connectivity index (χ0v) is 19.0. The third-order valence-corrected chi connectivity index (χ3v) is 3.78. The van der Waals surface area contributed by atoms with Gasteiger partial charge >= 0.3 is 0 Å². The number of halogens is 1. The molecule has 7 nitrogen and oxygen atoms in total. The van der Waals surface area contributed by atoms with E-state index in [0.717, 1.165) is 29.6 Å². The van der Waals surface area contributed by atoms with Crippen molar-refractivity contribution >= 4 is 29.9 Å². The van der Waals surface area contributed by atoms with Crippen LogP contribution < -0.4 is 20.1 Å². The van der Waals surface area contributed by atoms with E-state index >= 15 is 0 Å². The van der Waals surface area contributed by atoms with Crippen molar-refractivity contribution in [3.05, 3.63) is 23.8 Å². The molecule has 0 bridgehead atoms. The highest BCUT2D eigenvalue weighted by Gasteiger charge is 2.16. The highest BCUT2D eigenvalue weighted by molar-refractivity contribution is 14.0. The van der Waals surface area contributed by atoms with Crippen molar-refractivity contribution in [2.45, 2.75) is 13.0 Å². The summed E-state index contributed by atoms with van der Waals surface area (Å²) >= 11 is 0. The molecule has 0 amide bonds. The molecule has 0 heterocycles. The predicted octanol–water partition coefficient (Wildman–Crippen LogP) is 2.13. The van der Waals surface area contributed by atoms with Gasteiger partial charge in [-0.1, -0.05) is 6.07 Å². The maximum Gasteiger partial charge on any atom is 0.191 e. The highest BCUT2D eigenvalue weighted by Crippen LogP contribution is 2.31. The lowest BCUT2D eigenvalue weighted by Gasteiger charge is -2.24. The largest absolute Gasteiger partial charge is 0.493 e. The molecule has 26 heavy (non-hydrogen) atoms. The fraction of sp³-hybridized carbons (Fsp3) is 0.611. The monoisotopic (exact) mass is 480 g/mol. The summed E-state index contributed by atoms with van der Waals surface area (Å²) in [6.45, 7) is 4.82. The average Bonchev–Trinajstić information content (AvgIpc) is 2.61. The number of likely N-dealkylation sites (N-methyl/N-ethyl adjacent to an activating group) is 1. The Balaban J connectivity index is 0.00000625. The average molecular weight is 480 g/mol. The third kappa shape index (κ3) is 7.96. The summed E-state index contributed by atoms with van der Waals surface area (Å²) in [5.41, 5.74) is 1.12. The first-order chi connectivity index (χ1) is 12.1. The first-order valence-electron chi connectivity index (χ1n) is 8.46. The fourth-order valence-corrected chi connectivity index (χ4v) is 2.42. The van der Waals surface area contributed by atoms with Crippen molar-refractivity contribution in [3.8, 4) is 11.5 Å². The van der Waals surface area contributed by atoms with Crippen LogP contribution >= 0.6 is 24.0 Å². The Kier molecular flexibility index (Phi) is 13.2. The Morgan fingerprint density at radius 3 is 2.35 bits per heavy atom. The van der Waals surface area contributed by atoms with Gasteiger partial charge in [0.15, 0.2) is 17.5 Å². The summed E-state index contributed by atoms with van der Waals surface area (Å²) in [7, 11) is 9.06. The Labute approximate surface area is 174 Å². The maximum atomic E-state index is 5.42. The van der Waals surface area contributed by atoms with E-state index in [1.807, 2.05) is 39.2 Å². The summed E-state index contributed by atoms with van der Waals surface area (Å²) in [5.74, 6) is 2.23. The molecule has 150 valence electrons. The molecule has 1 unspecified atom stereocenters. The molecule has 1 aromatic carbocycles. The molecule has 0 aliphatic heterocycles. The second-order valence-corrected chi connectivity index (χ2v) is 5.73. The number of hydrogen-bond acceptors (Lipinski definition) is 5. The van der Waals surface area contributed by atoms with Crippen LogP contribution in [0.5, 0.6) is 11.5 Å². The van der Waals surface area contributed by atoms with Gasteiger partial charge in [-0.15, -0.1) is 24.0 Å². The van der Waals surface area contributed by atoms with Gasteiger partial charge in [0.1, 0.15) is 0 Å². The van der Waals surface area contributed by atoms with Crippen molar-refractivity contribution in [1.82, 2.24) is 15.5 Å². The predicted molar refractivity (Wildman–Crippen MR) is 117 cm³/mol. The normalized spacial score (nSPS) is 12.3. The SMILES string of the molecule is CCNC(=NCC(c1ccc(OC)c(OC)c1)N(C)C)NCCOC.I. The summed E-state index contributed by atoms with van der Waals surface area (Å²) in [5, 5.41) is 6.51. The maximum absolute atomic E-state index is 5.42. The van der Waals surface area contributed by atoms with E-state index in [0.29, 0.717) is 19.7 Å². The molecule has 0 saturated heterocycles. The van der Waals surface area contributed by atoms with Gasteiger partial charge in [-0.05, 0) is 38.7 Å². The van der Waals surface area contributed by atoms with E-state index in [1.54, 1.807) is 21.3 Å².